The molecule has 1 atom stereocenters. The molecule has 0 spiro atoms. The zero-order chi connectivity index (χ0) is 10.1. The van der Waals surface area contributed by atoms with Gasteiger partial charge in [0.2, 0.25) is 0 Å². The maximum absolute atomic E-state index is 9.57. The number of aryl methyl sites for hydroxylation is 1. The van der Waals surface area contributed by atoms with E-state index in [9.17, 15) is 5.11 Å². The van der Waals surface area contributed by atoms with Gasteiger partial charge in [-0.15, -0.1) is 0 Å². The molecule has 0 aliphatic heterocycles. The Labute approximate surface area is 81.9 Å². The third-order valence-corrected chi connectivity index (χ3v) is 2.76. The maximum atomic E-state index is 9.57. The number of hydrogen-bond donors (Lipinski definition) is 3. The van der Waals surface area contributed by atoms with Gasteiger partial charge in [0.1, 0.15) is 5.75 Å². The number of rotatable bonds is 1. The molecule has 76 valence electrons. The fourth-order valence-electron chi connectivity index (χ4n) is 1.95. The second-order valence-corrected chi connectivity index (χ2v) is 3.63. The van der Waals surface area contributed by atoms with Crippen LogP contribution in [0.4, 0.5) is 0 Å². The zero-order valence-corrected chi connectivity index (χ0v) is 7.72. The minimum absolute atomic E-state index is 0.244. The average Bonchev–Trinajstić information content (AvgIpc) is 2.18. The Kier molecular flexibility index (Phi) is 2.41. The number of benzene rings is 1. The van der Waals surface area contributed by atoms with Gasteiger partial charge in [0.05, 0.1) is 6.04 Å². The van der Waals surface area contributed by atoms with Gasteiger partial charge >= 0.3 is 0 Å². The van der Waals surface area contributed by atoms with E-state index in [-0.39, 0.29) is 17.0 Å². The standard InChI is InChI=1S/C10H13NO3/c12-10-3-1-2-7-4-5-8(11(13)14)6-9(7)10/h1-3,8,12-14H,4-6H2/t8-/m0/s1. The molecule has 2 rings (SSSR count). The molecule has 0 fully saturated rings. The average molecular weight is 195 g/mol. The van der Waals surface area contributed by atoms with E-state index < -0.39 is 0 Å². The van der Waals surface area contributed by atoms with Gasteiger partial charge in [-0.3, -0.25) is 10.4 Å². The van der Waals surface area contributed by atoms with Gasteiger partial charge in [0.15, 0.2) is 0 Å². The number of aromatic hydroxyl groups is 1. The van der Waals surface area contributed by atoms with Crippen LogP contribution in [0, 0.1) is 0 Å². The highest BCUT2D eigenvalue weighted by molar-refractivity contribution is 5.41. The van der Waals surface area contributed by atoms with Crippen molar-refractivity contribution in [1.82, 2.24) is 5.23 Å². The highest BCUT2D eigenvalue weighted by Gasteiger charge is 2.24. The predicted octanol–water partition coefficient (Wildman–Crippen LogP) is 1.33. The Morgan fingerprint density at radius 2 is 2.07 bits per heavy atom. The van der Waals surface area contributed by atoms with Crippen molar-refractivity contribution in [2.45, 2.75) is 25.3 Å². The Morgan fingerprint density at radius 1 is 1.29 bits per heavy atom. The van der Waals surface area contributed by atoms with Crippen LogP contribution in [-0.4, -0.2) is 26.8 Å². The second-order valence-electron chi connectivity index (χ2n) is 3.63. The van der Waals surface area contributed by atoms with Crippen molar-refractivity contribution in [2.24, 2.45) is 0 Å². The lowest BCUT2D eigenvalue weighted by atomic mass is 9.88. The first-order chi connectivity index (χ1) is 6.68. The van der Waals surface area contributed by atoms with Crippen molar-refractivity contribution in [3.05, 3.63) is 29.3 Å². The van der Waals surface area contributed by atoms with E-state index >= 15 is 0 Å². The van der Waals surface area contributed by atoms with E-state index in [0.29, 0.717) is 12.8 Å². The lowest BCUT2D eigenvalue weighted by Crippen LogP contribution is -2.34. The Balaban J connectivity index is 2.29. The molecular weight excluding hydrogens is 182 g/mol. The second kappa shape index (κ2) is 3.57. The summed E-state index contributed by atoms with van der Waals surface area (Å²) in [6.07, 6.45) is 1.95. The van der Waals surface area contributed by atoms with Gasteiger partial charge in [-0.25, -0.2) is 0 Å². The molecule has 4 nitrogen and oxygen atoms in total. The molecule has 4 heteroatoms. The topological polar surface area (TPSA) is 63.9 Å². The van der Waals surface area contributed by atoms with E-state index in [1.807, 2.05) is 12.1 Å². The molecule has 0 bridgehead atoms. The van der Waals surface area contributed by atoms with Crippen LogP contribution in [0.3, 0.4) is 0 Å². The van der Waals surface area contributed by atoms with E-state index in [2.05, 4.69) is 0 Å². The summed E-state index contributed by atoms with van der Waals surface area (Å²) in [4.78, 5) is 0. The van der Waals surface area contributed by atoms with Crippen LogP contribution in [-0.2, 0) is 12.8 Å². The van der Waals surface area contributed by atoms with Crippen molar-refractivity contribution in [3.8, 4) is 5.75 Å². The first-order valence-corrected chi connectivity index (χ1v) is 4.65. The largest absolute Gasteiger partial charge is 0.508 e. The number of phenolic OH excluding ortho intramolecular Hbond substituents is 1. The Morgan fingerprint density at radius 3 is 2.79 bits per heavy atom. The number of hydroxylamine groups is 2. The predicted molar refractivity (Wildman–Crippen MR) is 49.3 cm³/mol. The van der Waals surface area contributed by atoms with E-state index in [4.69, 9.17) is 10.4 Å². The fraction of sp³-hybridized carbons (Fsp3) is 0.400. The third-order valence-electron chi connectivity index (χ3n) is 2.76. The zero-order valence-electron chi connectivity index (χ0n) is 7.72. The summed E-state index contributed by atoms with van der Waals surface area (Å²) in [5.41, 5.74) is 1.93. The lowest BCUT2D eigenvalue weighted by molar-refractivity contribution is -0.332. The van der Waals surface area contributed by atoms with Crippen molar-refractivity contribution in [3.63, 3.8) is 0 Å². The maximum Gasteiger partial charge on any atom is 0.119 e. The van der Waals surface area contributed by atoms with Crippen molar-refractivity contribution < 1.29 is 15.5 Å². The molecular formula is C10H13NO3. The summed E-state index contributed by atoms with van der Waals surface area (Å²) in [5, 5.41) is 27.6. The number of phenols is 1. The van der Waals surface area contributed by atoms with E-state index in [1.165, 1.54) is 0 Å². The van der Waals surface area contributed by atoms with Gasteiger partial charge in [-0.1, -0.05) is 17.4 Å². The summed E-state index contributed by atoms with van der Waals surface area (Å²) in [6, 6.07) is 5.09. The van der Waals surface area contributed by atoms with Crippen LogP contribution in [0.25, 0.3) is 0 Å². The molecule has 0 saturated carbocycles. The summed E-state index contributed by atoms with van der Waals surface area (Å²) in [7, 11) is 0. The normalized spacial score (nSPS) is 20.9. The quantitative estimate of drug-likeness (QED) is 0.591. The van der Waals surface area contributed by atoms with Crippen molar-refractivity contribution >= 4 is 0 Å². The summed E-state index contributed by atoms with van der Waals surface area (Å²) in [5.74, 6) is 0.244. The van der Waals surface area contributed by atoms with Crippen LogP contribution >= 0.6 is 0 Å². The summed E-state index contributed by atoms with van der Waals surface area (Å²) < 4.78 is 0. The first kappa shape index (κ1) is 9.45. The molecule has 1 aliphatic rings. The highest BCUT2D eigenvalue weighted by Crippen LogP contribution is 2.29. The van der Waals surface area contributed by atoms with Crippen molar-refractivity contribution in [2.75, 3.05) is 0 Å². The minimum Gasteiger partial charge on any atom is -0.508 e. The molecule has 1 aliphatic carbocycles. The SMILES string of the molecule is Oc1cccc2c1C[C@@H](N(O)O)CC2. The van der Waals surface area contributed by atoms with Crippen LogP contribution in [0.2, 0.25) is 0 Å². The molecule has 3 N–H and O–H groups in total. The van der Waals surface area contributed by atoms with Crippen LogP contribution < -0.4 is 0 Å². The molecule has 0 aromatic heterocycles. The smallest absolute Gasteiger partial charge is 0.119 e. The highest BCUT2D eigenvalue weighted by atomic mass is 16.8. The van der Waals surface area contributed by atoms with Crippen LogP contribution in [0.1, 0.15) is 17.5 Å². The fourth-order valence-corrected chi connectivity index (χ4v) is 1.95. The van der Waals surface area contributed by atoms with Gasteiger partial charge in [0, 0.05) is 0 Å². The monoisotopic (exact) mass is 195 g/mol. The Hall–Kier alpha value is -1.10. The van der Waals surface area contributed by atoms with Crippen LogP contribution in [0.15, 0.2) is 18.2 Å². The van der Waals surface area contributed by atoms with E-state index in [1.54, 1.807) is 6.07 Å². The number of hydrogen-bond acceptors (Lipinski definition) is 4. The number of fused-ring (bicyclic) bond motifs is 1. The van der Waals surface area contributed by atoms with Gasteiger partial charge in [0.25, 0.3) is 0 Å². The molecule has 1 aromatic carbocycles. The molecule has 0 unspecified atom stereocenters. The molecule has 1 aromatic rings. The Bertz CT molecular complexity index is 338. The molecule has 14 heavy (non-hydrogen) atoms. The summed E-state index contributed by atoms with van der Waals surface area (Å²) >= 11 is 0. The number of nitrogens with zero attached hydrogens (tertiary/aromatic N) is 1. The molecule has 0 heterocycles. The van der Waals surface area contributed by atoms with Crippen molar-refractivity contribution in [1.29, 1.82) is 0 Å². The van der Waals surface area contributed by atoms with Gasteiger partial charge < -0.3 is 5.11 Å². The molecule has 0 amide bonds. The van der Waals surface area contributed by atoms with Gasteiger partial charge in [-0.05, 0) is 36.5 Å². The molecule has 0 saturated heterocycles. The van der Waals surface area contributed by atoms with E-state index in [0.717, 1.165) is 17.5 Å². The third kappa shape index (κ3) is 1.59. The lowest BCUT2D eigenvalue weighted by Gasteiger charge is -2.27. The summed E-state index contributed by atoms with van der Waals surface area (Å²) in [6.45, 7) is 0. The first-order valence-electron chi connectivity index (χ1n) is 4.65. The minimum atomic E-state index is -0.309. The molecule has 0 radical (unpaired) electrons. The van der Waals surface area contributed by atoms with Gasteiger partial charge in [-0.2, -0.15) is 0 Å². The van der Waals surface area contributed by atoms with Crippen LogP contribution in [0.5, 0.6) is 5.75 Å².